The van der Waals surface area contributed by atoms with Crippen LogP contribution in [0.4, 0.5) is 23.3 Å². The van der Waals surface area contributed by atoms with E-state index in [4.69, 9.17) is 10.5 Å². The van der Waals surface area contributed by atoms with Gasteiger partial charge in [0.15, 0.2) is 11.6 Å². The summed E-state index contributed by atoms with van der Waals surface area (Å²) in [6.45, 7) is 0.623. The normalized spacial score (nSPS) is 10.6. The minimum absolute atomic E-state index is 0.239. The molecule has 3 heterocycles. The van der Waals surface area contributed by atoms with E-state index in [0.29, 0.717) is 41.7 Å². The van der Waals surface area contributed by atoms with Crippen molar-refractivity contribution in [2.75, 3.05) is 30.8 Å². The summed E-state index contributed by atoms with van der Waals surface area (Å²) >= 11 is 0. The first-order valence-corrected chi connectivity index (χ1v) is 10.4. The maximum absolute atomic E-state index is 12.8. The number of para-hydroxylation sites is 1. The first-order chi connectivity index (χ1) is 16.6. The number of aromatic nitrogens is 6. The van der Waals surface area contributed by atoms with Gasteiger partial charge >= 0.3 is 0 Å². The highest BCUT2D eigenvalue weighted by Gasteiger charge is 2.19. The predicted molar refractivity (Wildman–Crippen MR) is 127 cm³/mol. The number of hydrogen-bond acceptors (Lipinski definition) is 10. The Labute approximate surface area is 195 Å². The van der Waals surface area contributed by atoms with Gasteiger partial charge in [-0.15, -0.1) is 0 Å². The number of ether oxygens (including phenoxy) is 1. The summed E-state index contributed by atoms with van der Waals surface area (Å²) in [5.74, 6) is 1.74. The number of pyridine rings is 1. The van der Waals surface area contributed by atoms with E-state index in [1.54, 1.807) is 49.6 Å². The standard InChI is InChI=1S/C22H24N10O2/c1-32-13-27-19(31-32)14-6-5-7-16(18(14)34-2)28-20-15(21(33)25-11-9-23)12-26-22(30-20)29-17-8-3-4-10-24-17/h3-8,10,12-13H,9,11,23H2,1-2H3,(H,25,33)(H2,24,26,28,29,30). The van der Waals surface area contributed by atoms with E-state index < -0.39 is 0 Å². The summed E-state index contributed by atoms with van der Waals surface area (Å²) in [6.07, 6.45) is 4.69. The van der Waals surface area contributed by atoms with Gasteiger partial charge in [0.2, 0.25) is 5.95 Å². The molecule has 0 fully saturated rings. The van der Waals surface area contributed by atoms with E-state index in [9.17, 15) is 4.79 Å². The van der Waals surface area contributed by atoms with Gasteiger partial charge in [-0.25, -0.2) is 15.0 Å². The summed E-state index contributed by atoms with van der Waals surface area (Å²) in [5.41, 5.74) is 7.02. The molecule has 1 amide bonds. The zero-order valence-electron chi connectivity index (χ0n) is 18.7. The van der Waals surface area contributed by atoms with Gasteiger partial charge < -0.3 is 26.4 Å². The van der Waals surface area contributed by atoms with Crippen LogP contribution in [0.15, 0.2) is 55.1 Å². The molecule has 0 saturated heterocycles. The summed E-state index contributed by atoms with van der Waals surface area (Å²) in [7, 11) is 3.34. The molecule has 0 spiro atoms. The Morgan fingerprint density at radius 3 is 2.71 bits per heavy atom. The summed E-state index contributed by atoms with van der Waals surface area (Å²) < 4.78 is 7.27. The molecule has 4 rings (SSSR count). The van der Waals surface area contributed by atoms with Gasteiger partial charge in [0.1, 0.15) is 23.5 Å². The molecule has 0 aliphatic heterocycles. The Kier molecular flexibility index (Phi) is 6.89. The van der Waals surface area contributed by atoms with E-state index in [2.05, 4.69) is 41.0 Å². The Morgan fingerprint density at radius 1 is 1.12 bits per heavy atom. The quantitative estimate of drug-likeness (QED) is 0.290. The molecule has 0 unspecified atom stereocenters. The molecule has 174 valence electrons. The number of rotatable bonds is 9. The largest absolute Gasteiger partial charge is 0.494 e. The zero-order chi connectivity index (χ0) is 23.9. The van der Waals surface area contributed by atoms with Crippen molar-refractivity contribution in [1.82, 2.24) is 35.0 Å². The van der Waals surface area contributed by atoms with Crippen LogP contribution in [0, 0.1) is 0 Å². The number of benzene rings is 1. The van der Waals surface area contributed by atoms with Gasteiger partial charge in [-0.3, -0.25) is 9.48 Å². The van der Waals surface area contributed by atoms with Crippen LogP contribution >= 0.6 is 0 Å². The SMILES string of the molecule is COc1c(Nc2nc(Nc3ccccn3)ncc2C(=O)NCCN)cccc1-c1ncn(C)n1. The lowest BCUT2D eigenvalue weighted by molar-refractivity contribution is 0.0955. The van der Waals surface area contributed by atoms with E-state index in [1.807, 2.05) is 18.2 Å². The Hall–Kier alpha value is -4.58. The maximum atomic E-state index is 12.8. The zero-order valence-corrected chi connectivity index (χ0v) is 18.7. The monoisotopic (exact) mass is 460 g/mol. The summed E-state index contributed by atoms with van der Waals surface area (Å²) in [5, 5.41) is 13.3. The van der Waals surface area contributed by atoms with Crippen molar-refractivity contribution in [3.8, 4) is 17.1 Å². The van der Waals surface area contributed by atoms with Crippen molar-refractivity contribution >= 4 is 29.2 Å². The highest BCUT2D eigenvalue weighted by Crippen LogP contribution is 2.36. The molecule has 12 heteroatoms. The lowest BCUT2D eigenvalue weighted by Gasteiger charge is -2.16. The molecule has 4 aromatic rings. The highest BCUT2D eigenvalue weighted by atomic mass is 16.5. The van der Waals surface area contributed by atoms with Gasteiger partial charge in [-0.05, 0) is 24.3 Å². The molecule has 0 aliphatic rings. The third-order valence-electron chi connectivity index (χ3n) is 4.68. The second-order valence-corrected chi connectivity index (χ2v) is 7.09. The smallest absolute Gasteiger partial charge is 0.256 e. The van der Waals surface area contributed by atoms with E-state index in [0.717, 1.165) is 0 Å². The average molecular weight is 461 g/mol. The number of anilines is 4. The lowest BCUT2D eigenvalue weighted by Crippen LogP contribution is -2.30. The van der Waals surface area contributed by atoms with Gasteiger partial charge in [0, 0.05) is 32.5 Å². The number of nitrogens with one attached hydrogen (secondary N) is 3. The molecular formula is C22H24N10O2. The van der Waals surface area contributed by atoms with Crippen LogP contribution in [0.2, 0.25) is 0 Å². The van der Waals surface area contributed by atoms with Gasteiger partial charge in [0.25, 0.3) is 5.91 Å². The number of amides is 1. The Balaban J connectivity index is 1.72. The van der Waals surface area contributed by atoms with Crippen LogP contribution in [-0.2, 0) is 7.05 Å². The number of nitrogens with zero attached hydrogens (tertiary/aromatic N) is 6. The fourth-order valence-electron chi connectivity index (χ4n) is 3.16. The topological polar surface area (TPSA) is 158 Å². The minimum atomic E-state index is -0.362. The number of carbonyl (C=O) groups is 1. The third-order valence-corrected chi connectivity index (χ3v) is 4.68. The van der Waals surface area contributed by atoms with Gasteiger partial charge in [0.05, 0.1) is 18.4 Å². The minimum Gasteiger partial charge on any atom is -0.494 e. The maximum Gasteiger partial charge on any atom is 0.256 e. The van der Waals surface area contributed by atoms with E-state index in [-0.39, 0.29) is 23.2 Å². The van der Waals surface area contributed by atoms with Crippen molar-refractivity contribution in [3.63, 3.8) is 0 Å². The number of aryl methyl sites for hydroxylation is 1. The number of hydrogen-bond donors (Lipinski definition) is 4. The van der Waals surface area contributed by atoms with Crippen LogP contribution in [0.5, 0.6) is 5.75 Å². The van der Waals surface area contributed by atoms with Crippen LogP contribution < -0.4 is 26.4 Å². The molecular weight excluding hydrogens is 436 g/mol. The van der Waals surface area contributed by atoms with Crippen LogP contribution in [0.1, 0.15) is 10.4 Å². The summed E-state index contributed by atoms with van der Waals surface area (Å²) in [4.78, 5) is 30.1. The van der Waals surface area contributed by atoms with Crippen molar-refractivity contribution in [2.24, 2.45) is 12.8 Å². The molecule has 34 heavy (non-hydrogen) atoms. The first-order valence-electron chi connectivity index (χ1n) is 10.4. The second-order valence-electron chi connectivity index (χ2n) is 7.09. The third kappa shape index (κ3) is 5.07. The fourth-order valence-corrected chi connectivity index (χ4v) is 3.16. The second kappa shape index (κ2) is 10.4. The lowest BCUT2D eigenvalue weighted by atomic mass is 10.1. The van der Waals surface area contributed by atoms with E-state index in [1.165, 1.54) is 6.20 Å². The van der Waals surface area contributed by atoms with Crippen molar-refractivity contribution in [2.45, 2.75) is 0 Å². The number of nitrogens with two attached hydrogens (primary N) is 1. The summed E-state index contributed by atoms with van der Waals surface area (Å²) in [6, 6.07) is 10.9. The molecule has 0 bridgehead atoms. The first kappa shape index (κ1) is 22.6. The number of methoxy groups -OCH3 is 1. The van der Waals surface area contributed by atoms with Crippen molar-refractivity contribution in [3.05, 3.63) is 60.7 Å². The van der Waals surface area contributed by atoms with Gasteiger partial charge in [-0.2, -0.15) is 10.1 Å². The van der Waals surface area contributed by atoms with Gasteiger partial charge in [-0.1, -0.05) is 12.1 Å². The molecule has 3 aromatic heterocycles. The van der Waals surface area contributed by atoms with Crippen LogP contribution in [-0.4, -0.2) is 55.8 Å². The average Bonchev–Trinajstić information content (AvgIpc) is 3.29. The molecule has 5 N–H and O–H groups in total. The fraction of sp³-hybridized carbons (Fsp3) is 0.182. The predicted octanol–water partition coefficient (Wildman–Crippen LogP) is 1.85. The molecule has 12 nitrogen and oxygen atoms in total. The Morgan fingerprint density at radius 2 is 2.00 bits per heavy atom. The molecule has 0 atom stereocenters. The van der Waals surface area contributed by atoms with Crippen LogP contribution in [0.25, 0.3) is 11.4 Å². The Bertz CT molecular complexity index is 1280. The van der Waals surface area contributed by atoms with Crippen molar-refractivity contribution < 1.29 is 9.53 Å². The molecule has 0 aliphatic carbocycles. The van der Waals surface area contributed by atoms with E-state index >= 15 is 0 Å². The van der Waals surface area contributed by atoms with Crippen LogP contribution in [0.3, 0.4) is 0 Å². The molecule has 0 saturated carbocycles. The number of carbonyl (C=O) groups excluding carboxylic acids is 1. The molecule has 1 aromatic carbocycles. The highest BCUT2D eigenvalue weighted by molar-refractivity contribution is 5.99. The molecule has 0 radical (unpaired) electrons. The van der Waals surface area contributed by atoms with Crippen molar-refractivity contribution in [1.29, 1.82) is 0 Å².